The summed E-state index contributed by atoms with van der Waals surface area (Å²) in [6.07, 6.45) is -0.389. The molecule has 0 aliphatic rings. The number of alkyl carbamates (subject to hydrolysis) is 1. The van der Waals surface area contributed by atoms with Crippen LogP contribution in [0.5, 0.6) is 0 Å². The third kappa shape index (κ3) is 4.95. The Morgan fingerprint density at radius 1 is 1.14 bits per heavy atom. The van der Waals surface area contributed by atoms with Gasteiger partial charge in [-0.15, -0.1) is 0 Å². The number of hydrogen-bond acceptors (Lipinski definition) is 3. The summed E-state index contributed by atoms with van der Waals surface area (Å²) < 4.78 is 5.22. The average Bonchev–Trinajstić information content (AvgIpc) is 2.43. The van der Waals surface area contributed by atoms with Crippen LogP contribution in [-0.4, -0.2) is 24.3 Å². The van der Waals surface area contributed by atoms with Gasteiger partial charge in [-0.25, -0.2) is 4.79 Å². The highest BCUT2D eigenvalue weighted by Gasteiger charge is 2.16. The van der Waals surface area contributed by atoms with Gasteiger partial charge in [-0.2, -0.15) is 0 Å². The summed E-state index contributed by atoms with van der Waals surface area (Å²) in [5, 5.41) is 8.56. The lowest BCUT2D eigenvalue weighted by atomic mass is 10.1. The predicted octanol–water partition coefficient (Wildman–Crippen LogP) is 4.16. The lowest BCUT2D eigenvalue weighted by Gasteiger charge is -2.21. The fourth-order valence-corrected chi connectivity index (χ4v) is 2.17. The maximum absolute atomic E-state index is 11.6. The Hall–Kier alpha value is -2.23. The summed E-state index contributed by atoms with van der Waals surface area (Å²) in [5.74, 6) is 0. The molecule has 0 aromatic heterocycles. The van der Waals surface area contributed by atoms with Crippen LogP contribution in [0.4, 0.5) is 10.5 Å². The second-order valence-corrected chi connectivity index (χ2v) is 6.49. The molecule has 22 heavy (non-hydrogen) atoms. The van der Waals surface area contributed by atoms with Crippen molar-refractivity contribution >= 4 is 22.6 Å². The van der Waals surface area contributed by atoms with Crippen LogP contribution in [0.25, 0.3) is 10.8 Å². The second kappa shape index (κ2) is 6.69. The maximum atomic E-state index is 11.6. The van der Waals surface area contributed by atoms with Gasteiger partial charge in [0.05, 0.1) is 0 Å². The fraction of sp³-hybridized carbons (Fsp3) is 0.389. The Balaban J connectivity index is 1.88. The number of ether oxygens (including phenoxy) is 1. The first-order valence-electron chi connectivity index (χ1n) is 7.56. The molecule has 4 nitrogen and oxygen atoms in total. The van der Waals surface area contributed by atoms with Gasteiger partial charge in [0.1, 0.15) is 5.60 Å². The van der Waals surface area contributed by atoms with Gasteiger partial charge in [-0.1, -0.05) is 30.3 Å². The van der Waals surface area contributed by atoms with E-state index < -0.39 is 5.60 Å². The van der Waals surface area contributed by atoms with E-state index in [9.17, 15) is 4.79 Å². The highest BCUT2D eigenvalue weighted by molar-refractivity contribution is 5.85. The van der Waals surface area contributed by atoms with E-state index in [0.29, 0.717) is 6.54 Å². The number of rotatable bonds is 4. The molecular formula is C18H24N2O2. The van der Waals surface area contributed by atoms with Gasteiger partial charge >= 0.3 is 6.09 Å². The van der Waals surface area contributed by atoms with E-state index in [1.165, 1.54) is 10.8 Å². The standard InChI is InChI=1S/C18H24N2O2/c1-13(12-19-17(21)22-18(2,3)4)20-16-10-9-14-7-5-6-8-15(14)11-16/h5-11,13,20H,12H2,1-4H3,(H,19,21). The molecule has 0 saturated carbocycles. The number of amides is 1. The molecule has 2 aromatic rings. The summed E-state index contributed by atoms with van der Waals surface area (Å²) >= 11 is 0. The van der Waals surface area contributed by atoms with Crippen LogP contribution in [0.3, 0.4) is 0 Å². The lowest BCUT2D eigenvalue weighted by Crippen LogP contribution is -2.38. The van der Waals surface area contributed by atoms with Crippen LogP contribution < -0.4 is 10.6 Å². The molecule has 2 aromatic carbocycles. The molecule has 0 heterocycles. The van der Waals surface area contributed by atoms with Gasteiger partial charge in [0.15, 0.2) is 0 Å². The summed E-state index contributed by atoms with van der Waals surface area (Å²) in [4.78, 5) is 11.6. The molecule has 0 radical (unpaired) electrons. The third-order valence-corrected chi connectivity index (χ3v) is 3.11. The van der Waals surface area contributed by atoms with Crippen molar-refractivity contribution in [3.63, 3.8) is 0 Å². The van der Waals surface area contributed by atoms with E-state index in [0.717, 1.165) is 5.69 Å². The van der Waals surface area contributed by atoms with Gasteiger partial charge in [0, 0.05) is 18.3 Å². The van der Waals surface area contributed by atoms with Gasteiger partial charge < -0.3 is 15.4 Å². The Kier molecular flexibility index (Phi) is 4.91. The van der Waals surface area contributed by atoms with Crippen LogP contribution in [0, 0.1) is 0 Å². The van der Waals surface area contributed by atoms with Crippen LogP contribution in [-0.2, 0) is 4.74 Å². The summed E-state index contributed by atoms with van der Waals surface area (Å²) in [7, 11) is 0. The molecule has 2 rings (SSSR count). The molecule has 0 spiro atoms. The number of anilines is 1. The Labute approximate surface area is 131 Å². The topological polar surface area (TPSA) is 50.4 Å². The van der Waals surface area contributed by atoms with Crippen molar-refractivity contribution in [1.29, 1.82) is 0 Å². The number of benzene rings is 2. The Bertz CT molecular complexity index is 647. The lowest BCUT2D eigenvalue weighted by molar-refractivity contribution is 0.0526. The van der Waals surface area contributed by atoms with Crippen molar-refractivity contribution in [2.24, 2.45) is 0 Å². The molecule has 0 saturated heterocycles. The first-order chi connectivity index (χ1) is 10.3. The molecule has 118 valence electrons. The minimum Gasteiger partial charge on any atom is -0.444 e. The average molecular weight is 300 g/mol. The molecule has 0 aliphatic carbocycles. The molecule has 2 N–H and O–H groups in total. The molecule has 0 fully saturated rings. The van der Waals surface area contributed by atoms with E-state index in [2.05, 4.69) is 34.9 Å². The highest BCUT2D eigenvalue weighted by Crippen LogP contribution is 2.19. The fourth-order valence-electron chi connectivity index (χ4n) is 2.17. The quantitative estimate of drug-likeness (QED) is 0.891. The highest BCUT2D eigenvalue weighted by atomic mass is 16.6. The number of nitrogens with one attached hydrogen (secondary N) is 2. The second-order valence-electron chi connectivity index (χ2n) is 6.49. The summed E-state index contributed by atoms with van der Waals surface area (Å²) in [6, 6.07) is 14.6. The SMILES string of the molecule is CC(CNC(=O)OC(C)(C)C)Nc1ccc2ccccc2c1. The zero-order valence-electron chi connectivity index (χ0n) is 13.6. The first kappa shape index (κ1) is 16.1. The van der Waals surface area contributed by atoms with Crippen molar-refractivity contribution in [3.8, 4) is 0 Å². The van der Waals surface area contributed by atoms with Crippen molar-refractivity contribution < 1.29 is 9.53 Å². The van der Waals surface area contributed by atoms with Gasteiger partial charge in [0.2, 0.25) is 0 Å². The van der Waals surface area contributed by atoms with Crippen LogP contribution in [0.15, 0.2) is 42.5 Å². The number of hydrogen-bond donors (Lipinski definition) is 2. The van der Waals surface area contributed by atoms with E-state index in [4.69, 9.17) is 4.74 Å². The van der Waals surface area contributed by atoms with E-state index in [1.807, 2.05) is 45.9 Å². The number of carbonyl (C=O) groups is 1. The summed E-state index contributed by atoms with van der Waals surface area (Å²) in [6.45, 7) is 8.07. The molecule has 4 heteroatoms. The Morgan fingerprint density at radius 3 is 2.50 bits per heavy atom. The number of carbonyl (C=O) groups excluding carboxylic acids is 1. The maximum Gasteiger partial charge on any atom is 0.407 e. The van der Waals surface area contributed by atoms with Crippen molar-refractivity contribution in [3.05, 3.63) is 42.5 Å². The third-order valence-electron chi connectivity index (χ3n) is 3.11. The normalized spacial score (nSPS) is 12.7. The minimum absolute atomic E-state index is 0.105. The van der Waals surface area contributed by atoms with Crippen molar-refractivity contribution in [2.45, 2.75) is 39.3 Å². The summed E-state index contributed by atoms with van der Waals surface area (Å²) in [5.41, 5.74) is 0.566. The molecule has 0 aliphatic heterocycles. The van der Waals surface area contributed by atoms with Gasteiger partial charge in [0.25, 0.3) is 0 Å². The molecule has 0 bridgehead atoms. The van der Waals surface area contributed by atoms with Gasteiger partial charge in [-0.05, 0) is 50.6 Å². The van der Waals surface area contributed by atoms with Crippen LogP contribution >= 0.6 is 0 Å². The van der Waals surface area contributed by atoms with Crippen molar-refractivity contribution in [1.82, 2.24) is 5.32 Å². The van der Waals surface area contributed by atoms with Crippen LogP contribution in [0.2, 0.25) is 0 Å². The largest absolute Gasteiger partial charge is 0.444 e. The van der Waals surface area contributed by atoms with Crippen molar-refractivity contribution in [2.75, 3.05) is 11.9 Å². The monoisotopic (exact) mass is 300 g/mol. The number of fused-ring (bicyclic) bond motifs is 1. The first-order valence-corrected chi connectivity index (χ1v) is 7.56. The molecule has 1 amide bonds. The molecular weight excluding hydrogens is 276 g/mol. The minimum atomic E-state index is -0.473. The zero-order valence-corrected chi connectivity index (χ0v) is 13.6. The smallest absolute Gasteiger partial charge is 0.407 e. The zero-order chi connectivity index (χ0) is 16.2. The van der Waals surface area contributed by atoms with Crippen LogP contribution in [0.1, 0.15) is 27.7 Å². The van der Waals surface area contributed by atoms with Gasteiger partial charge in [-0.3, -0.25) is 0 Å². The Morgan fingerprint density at radius 2 is 1.82 bits per heavy atom. The predicted molar refractivity (Wildman–Crippen MR) is 91.3 cm³/mol. The molecule has 1 atom stereocenters. The van der Waals surface area contributed by atoms with E-state index >= 15 is 0 Å². The molecule has 1 unspecified atom stereocenters. The van der Waals surface area contributed by atoms with E-state index in [1.54, 1.807) is 0 Å². The van der Waals surface area contributed by atoms with E-state index in [-0.39, 0.29) is 12.1 Å².